The summed E-state index contributed by atoms with van der Waals surface area (Å²) in [6, 6.07) is 3.73. The minimum atomic E-state index is -4.83. The Balaban J connectivity index is 2.17. The van der Waals surface area contributed by atoms with Gasteiger partial charge in [0, 0.05) is 18.2 Å². The predicted octanol–water partition coefficient (Wildman–Crippen LogP) is 3.68. The molecule has 0 radical (unpaired) electrons. The van der Waals surface area contributed by atoms with Gasteiger partial charge in [0.2, 0.25) is 5.75 Å². The van der Waals surface area contributed by atoms with Gasteiger partial charge in [0.1, 0.15) is 11.5 Å². The molecule has 0 bridgehead atoms. The van der Waals surface area contributed by atoms with Crippen molar-refractivity contribution in [3.63, 3.8) is 0 Å². The summed E-state index contributed by atoms with van der Waals surface area (Å²) in [5.74, 6) is -2.51. The Bertz CT molecular complexity index is 948. The van der Waals surface area contributed by atoms with Crippen molar-refractivity contribution in [1.82, 2.24) is 0 Å². The normalized spacial score (nSPS) is 11.0. The summed E-state index contributed by atoms with van der Waals surface area (Å²) in [6.07, 6.45) is -4.83. The van der Waals surface area contributed by atoms with Gasteiger partial charge in [0.25, 0.3) is 11.6 Å². The van der Waals surface area contributed by atoms with E-state index >= 15 is 0 Å². The van der Waals surface area contributed by atoms with E-state index in [9.17, 15) is 42.6 Å². The zero-order valence-corrected chi connectivity index (χ0v) is 13.5. The van der Waals surface area contributed by atoms with Gasteiger partial charge in [0.05, 0.1) is 15.4 Å². The van der Waals surface area contributed by atoms with E-state index in [-0.39, 0.29) is 6.07 Å². The summed E-state index contributed by atoms with van der Waals surface area (Å²) in [6.45, 7) is -0.914. The average Bonchev–Trinajstić information content (AvgIpc) is 2.58. The van der Waals surface area contributed by atoms with Crippen LogP contribution in [-0.2, 0) is 11.0 Å². The molecule has 13 heteroatoms. The Morgan fingerprint density at radius 1 is 1.04 bits per heavy atom. The lowest BCUT2D eigenvalue weighted by Crippen LogP contribution is -2.21. The molecule has 0 heterocycles. The number of carbonyl (C=O) groups is 1. The highest BCUT2D eigenvalue weighted by Gasteiger charge is 2.33. The minimum absolute atomic E-state index is 0.244. The van der Waals surface area contributed by atoms with Crippen LogP contribution in [0.3, 0.4) is 0 Å². The van der Waals surface area contributed by atoms with Gasteiger partial charge in [-0.3, -0.25) is 25.0 Å². The third-order valence-corrected chi connectivity index (χ3v) is 3.27. The number of nitrogens with one attached hydrogen (secondary N) is 1. The smallest absolute Gasteiger partial charge is 0.416 e. The topological polar surface area (TPSA) is 125 Å². The van der Waals surface area contributed by atoms with Crippen LogP contribution >= 0.6 is 0 Å². The van der Waals surface area contributed by atoms with Gasteiger partial charge in [-0.1, -0.05) is 0 Å². The molecule has 0 saturated carbocycles. The van der Waals surface area contributed by atoms with Crippen LogP contribution in [0.4, 0.5) is 34.6 Å². The Morgan fingerprint density at radius 2 is 1.68 bits per heavy atom. The van der Waals surface area contributed by atoms with Crippen molar-refractivity contribution in [2.24, 2.45) is 0 Å². The summed E-state index contributed by atoms with van der Waals surface area (Å²) in [7, 11) is 0. The van der Waals surface area contributed by atoms with Gasteiger partial charge >= 0.3 is 11.9 Å². The monoisotopic (exact) mass is 403 g/mol. The third kappa shape index (κ3) is 4.90. The van der Waals surface area contributed by atoms with Crippen molar-refractivity contribution < 1.29 is 36.9 Å². The first-order valence-corrected chi connectivity index (χ1v) is 7.21. The van der Waals surface area contributed by atoms with E-state index in [1.807, 2.05) is 5.32 Å². The molecular weight excluding hydrogens is 394 g/mol. The average molecular weight is 403 g/mol. The molecule has 0 unspecified atom stereocenters. The lowest BCUT2D eigenvalue weighted by atomic mass is 10.1. The lowest BCUT2D eigenvalue weighted by molar-refractivity contribution is -0.385. The van der Waals surface area contributed by atoms with E-state index in [1.165, 1.54) is 0 Å². The largest absolute Gasteiger partial charge is 0.477 e. The molecule has 2 aromatic rings. The Hall–Kier alpha value is -3.77. The van der Waals surface area contributed by atoms with Crippen molar-refractivity contribution in [1.29, 1.82) is 0 Å². The standard InChI is InChI=1S/C15H9F4N3O6/c16-9-2-4-11(21(24)25)13(6-9)28-7-14(23)20-10-3-1-8(15(17,18)19)5-12(10)22(26)27/h1-6H,7H2,(H,20,23). The van der Waals surface area contributed by atoms with Crippen LogP contribution < -0.4 is 10.1 Å². The predicted molar refractivity (Wildman–Crippen MR) is 85.3 cm³/mol. The summed E-state index contributed by atoms with van der Waals surface area (Å²) < 4.78 is 56.0. The quantitative estimate of drug-likeness (QED) is 0.446. The van der Waals surface area contributed by atoms with Crippen LogP contribution in [0.15, 0.2) is 36.4 Å². The fourth-order valence-electron chi connectivity index (χ4n) is 2.05. The van der Waals surface area contributed by atoms with Crippen molar-refractivity contribution in [2.75, 3.05) is 11.9 Å². The molecule has 0 aromatic heterocycles. The molecule has 2 aromatic carbocycles. The highest BCUT2D eigenvalue weighted by molar-refractivity contribution is 5.94. The van der Waals surface area contributed by atoms with E-state index in [0.29, 0.717) is 18.2 Å². The number of ether oxygens (including phenoxy) is 1. The van der Waals surface area contributed by atoms with Gasteiger partial charge in [-0.05, 0) is 18.2 Å². The second-order valence-electron chi connectivity index (χ2n) is 5.19. The summed E-state index contributed by atoms with van der Waals surface area (Å²) >= 11 is 0. The number of nitro groups is 2. The van der Waals surface area contributed by atoms with Gasteiger partial charge in [0.15, 0.2) is 6.61 Å². The fraction of sp³-hybridized carbons (Fsp3) is 0.133. The molecule has 148 valence electrons. The zero-order chi connectivity index (χ0) is 21.1. The molecule has 2 rings (SSSR count). The summed E-state index contributed by atoms with van der Waals surface area (Å²) in [5.41, 5.74) is -3.47. The summed E-state index contributed by atoms with van der Waals surface area (Å²) in [4.78, 5) is 31.7. The van der Waals surface area contributed by atoms with E-state index < -0.39 is 62.7 Å². The Morgan fingerprint density at radius 3 is 2.25 bits per heavy atom. The molecule has 9 nitrogen and oxygen atoms in total. The molecule has 0 fully saturated rings. The van der Waals surface area contributed by atoms with E-state index in [4.69, 9.17) is 4.74 Å². The van der Waals surface area contributed by atoms with Crippen molar-refractivity contribution in [3.05, 3.63) is 68.0 Å². The third-order valence-electron chi connectivity index (χ3n) is 3.27. The van der Waals surface area contributed by atoms with Crippen molar-refractivity contribution in [2.45, 2.75) is 6.18 Å². The molecule has 0 atom stereocenters. The van der Waals surface area contributed by atoms with Crippen LogP contribution in [-0.4, -0.2) is 22.4 Å². The van der Waals surface area contributed by atoms with E-state index in [0.717, 1.165) is 12.1 Å². The zero-order valence-electron chi connectivity index (χ0n) is 13.5. The van der Waals surface area contributed by atoms with Gasteiger partial charge in [-0.25, -0.2) is 4.39 Å². The molecule has 0 aliphatic carbocycles. The SMILES string of the molecule is O=C(COc1cc(F)ccc1[N+](=O)[O-])Nc1ccc(C(F)(F)F)cc1[N+](=O)[O-]. The highest BCUT2D eigenvalue weighted by atomic mass is 19.4. The van der Waals surface area contributed by atoms with Crippen molar-refractivity contribution >= 4 is 23.0 Å². The molecule has 28 heavy (non-hydrogen) atoms. The highest BCUT2D eigenvalue weighted by Crippen LogP contribution is 2.35. The number of alkyl halides is 3. The maximum absolute atomic E-state index is 13.2. The molecule has 0 aliphatic heterocycles. The second kappa shape index (κ2) is 7.85. The number of hydrogen-bond acceptors (Lipinski definition) is 6. The van der Waals surface area contributed by atoms with E-state index in [2.05, 4.69) is 0 Å². The number of amides is 1. The van der Waals surface area contributed by atoms with Crippen LogP contribution in [0.5, 0.6) is 5.75 Å². The molecule has 0 saturated heterocycles. The molecule has 1 N–H and O–H groups in total. The van der Waals surface area contributed by atoms with Crippen LogP contribution in [0.1, 0.15) is 5.56 Å². The molecule has 1 amide bonds. The summed E-state index contributed by atoms with van der Waals surface area (Å²) in [5, 5.41) is 23.8. The number of anilines is 1. The first-order valence-electron chi connectivity index (χ1n) is 7.21. The maximum atomic E-state index is 13.2. The molecule has 0 aliphatic rings. The maximum Gasteiger partial charge on any atom is 0.416 e. The van der Waals surface area contributed by atoms with Crippen LogP contribution in [0, 0.1) is 26.0 Å². The molecule has 0 spiro atoms. The van der Waals surface area contributed by atoms with Gasteiger partial charge in [-0.15, -0.1) is 0 Å². The number of nitro benzene ring substituents is 2. The number of hydrogen-bond donors (Lipinski definition) is 1. The van der Waals surface area contributed by atoms with E-state index in [1.54, 1.807) is 0 Å². The second-order valence-corrected chi connectivity index (χ2v) is 5.19. The fourth-order valence-corrected chi connectivity index (χ4v) is 2.05. The van der Waals surface area contributed by atoms with Gasteiger partial charge < -0.3 is 10.1 Å². The number of benzene rings is 2. The number of carbonyl (C=O) groups excluding carboxylic acids is 1. The Kier molecular flexibility index (Phi) is 5.76. The van der Waals surface area contributed by atoms with Crippen molar-refractivity contribution in [3.8, 4) is 5.75 Å². The number of nitrogens with zero attached hydrogens (tertiary/aromatic N) is 2. The number of rotatable bonds is 6. The number of halogens is 4. The van der Waals surface area contributed by atoms with Gasteiger partial charge in [-0.2, -0.15) is 13.2 Å². The minimum Gasteiger partial charge on any atom is -0.477 e. The van der Waals surface area contributed by atoms with Crippen LogP contribution in [0.25, 0.3) is 0 Å². The first-order chi connectivity index (χ1) is 13.0. The molecular formula is C15H9F4N3O6. The lowest BCUT2D eigenvalue weighted by Gasteiger charge is -2.10. The van der Waals surface area contributed by atoms with Crippen LogP contribution in [0.2, 0.25) is 0 Å². The Labute approximate surface area is 152 Å². The first kappa shape index (κ1) is 20.5.